The molecule has 0 saturated heterocycles. The summed E-state index contributed by atoms with van der Waals surface area (Å²) in [7, 11) is 0. The van der Waals surface area contributed by atoms with Crippen LogP contribution in [0.5, 0.6) is 0 Å². The maximum absolute atomic E-state index is 11.3. The zero-order valence-electron chi connectivity index (χ0n) is 9.19. The van der Waals surface area contributed by atoms with Crippen LogP contribution >= 0.6 is 0 Å². The fraction of sp³-hybridized carbons (Fsp3) is 0.545. The van der Waals surface area contributed by atoms with Crippen molar-refractivity contribution in [2.45, 2.75) is 38.8 Å². The highest BCUT2D eigenvalue weighted by Gasteiger charge is 2.11. The van der Waals surface area contributed by atoms with Crippen molar-refractivity contribution in [2.75, 3.05) is 0 Å². The quantitative estimate of drug-likeness (QED) is 0.763. The third-order valence-corrected chi connectivity index (χ3v) is 2.21. The number of carbonyl (C=O) groups excluding carboxylic acids is 1. The first-order chi connectivity index (χ1) is 7.09. The Kier molecular flexibility index (Phi) is 4.37. The van der Waals surface area contributed by atoms with Gasteiger partial charge in [0.1, 0.15) is 5.76 Å². The third-order valence-electron chi connectivity index (χ3n) is 2.21. The van der Waals surface area contributed by atoms with E-state index in [4.69, 9.17) is 10.2 Å². The molecule has 0 aliphatic rings. The molecule has 2 atom stereocenters. The molecule has 0 aliphatic carbocycles. The van der Waals surface area contributed by atoms with Crippen molar-refractivity contribution in [3.05, 3.63) is 24.2 Å². The summed E-state index contributed by atoms with van der Waals surface area (Å²) < 4.78 is 5.20. The number of furan rings is 1. The molecule has 4 nitrogen and oxygen atoms in total. The maximum atomic E-state index is 11.3. The second-order valence-electron chi connectivity index (χ2n) is 3.82. The molecule has 0 saturated carbocycles. The van der Waals surface area contributed by atoms with Crippen LogP contribution in [0.3, 0.4) is 0 Å². The van der Waals surface area contributed by atoms with Gasteiger partial charge in [-0.3, -0.25) is 4.79 Å². The van der Waals surface area contributed by atoms with Gasteiger partial charge in [0.15, 0.2) is 0 Å². The second-order valence-corrected chi connectivity index (χ2v) is 3.82. The van der Waals surface area contributed by atoms with Crippen LogP contribution in [0.25, 0.3) is 0 Å². The van der Waals surface area contributed by atoms with E-state index in [1.54, 1.807) is 13.2 Å². The van der Waals surface area contributed by atoms with Gasteiger partial charge in [0.2, 0.25) is 5.91 Å². The minimum absolute atomic E-state index is 0.109. The van der Waals surface area contributed by atoms with Gasteiger partial charge >= 0.3 is 0 Å². The first-order valence-corrected chi connectivity index (χ1v) is 5.18. The summed E-state index contributed by atoms with van der Waals surface area (Å²) in [5.74, 6) is 0.832. The first kappa shape index (κ1) is 11.8. The lowest BCUT2D eigenvalue weighted by Crippen LogP contribution is -2.42. The molecule has 1 rings (SSSR count). The highest BCUT2D eigenvalue weighted by molar-refractivity contribution is 5.81. The fourth-order valence-electron chi connectivity index (χ4n) is 1.26. The lowest BCUT2D eigenvalue weighted by Gasteiger charge is -2.14. The predicted molar refractivity (Wildman–Crippen MR) is 58.3 cm³/mol. The van der Waals surface area contributed by atoms with E-state index < -0.39 is 6.04 Å². The van der Waals surface area contributed by atoms with E-state index in [9.17, 15) is 4.79 Å². The molecule has 1 heterocycles. The summed E-state index contributed by atoms with van der Waals surface area (Å²) in [4.78, 5) is 11.3. The van der Waals surface area contributed by atoms with Crippen molar-refractivity contribution < 1.29 is 9.21 Å². The van der Waals surface area contributed by atoms with Crippen LogP contribution in [-0.4, -0.2) is 18.0 Å². The van der Waals surface area contributed by atoms with E-state index in [0.717, 1.165) is 18.6 Å². The summed E-state index contributed by atoms with van der Waals surface area (Å²) in [5.41, 5.74) is 5.44. The van der Waals surface area contributed by atoms with Gasteiger partial charge in [0, 0.05) is 12.5 Å². The lowest BCUT2D eigenvalue weighted by atomic mass is 10.1. The maximum Gasteiger partial charge on any atom is 0.236 e. The van der Waals surface area contributed by atoms with Gasteiger partial charge < -0.3 is 15.5 Å². The Labute approximate surface area is 89.8 Å². The van der Waals surface area contributed by atoms with Crippen molar-refractivity contribution in [2.24, 2.45) is 5.73 Å². The van der Waals surface area contributed by atoms with Crippen LogP contribution < -0.4 is 11.1 Å². The van der Waals surface area contributed by atoms with Crippen LogP contribution in [0.15, 0.2) is 22.8 Å². The van der Waals surface area contributed by atoms with Gasteiger partial charge in [0.05, 0.1) is 12.3 Å². The molecule has 0 bridgehead atoms. The molecular weight excluding hydrogens is 192 g/mol. The number of carbonyl (C=O) groups is 1. The minimum Gasteiger partial charge on any atom is -0.469 e. The highest BCUT2D eigenvalue weighted by atomic mass is 16.3. The molecule has 84 valence electrons. The Bertz CT molecular complexity index is 294. The summed E-state index contributed by atoms with van der Waals surface area (Å²) in [5, 5.41) is 2.84. The van der Waals surface area contributed by atoms with Crippen LogP contribution in [0.2, 0.25) is 0 Å². The normalized spacial score (nSPS) is 14.6. The average molecular weight is 210 g/mol. The molecule has 1 amide bonds. The lowest BCUT2D eigenvalue weighted by molar-refractivity contribution is -0.122. The molecule has 3 N–H and O–H groups in total. The molecule has 4 heteroatoms. The van der Waals surface area contributed by atoms with Gasteiger partial charge in [-0.1, -0.05) is 0 Å². The predicted octanol–water partition coefficient (Wildman–Crippen LogP) is 1.06. The van der Waals surface area contributed by atoms with E-state index in [1.165, 1.54) is 0 Å². The summed E-state index contributed by atoms with van der Waals surface area (Å²) in [6.45, 7) is 3.64. The van der Waals surface area contributed by atoms with E-state index in [1.807, 2.05) is 19.1 Å². The van der Waals surface area contributed by atoms with Gasteiger partial charge in [-0.2, -0.15) is 0 Å². The first-order valence-electron chi connectivity index (χ1n) is 5.18. The standard InChI is InChI=1S/C11H18N2O2/c1-8(13-11(14)9(2)12)5-6-10-4-3-7-15-10/h3-4,7-9H,5-6,12H2,1-2H3,(H,13,14)/t8?,9-/m0/s1. The fourth-order valence-corrected chi connectivity index (χ4v) is 1.26. The number of hydrogen-bond donors (Lipinski definition) is 2. The van der Waals surface area contributed by atoms with Crippen molar-refractivity contribution in [1.82, 2.24) is 5.32 Å². The number of amides is 1. The monoisotopic (exact) mass is 210 g/mol. The average Bonchev–Trinajstić information content (AvgIpc) is 2.66. The topological polar surface area (TPSA) is 68.3 Å². The van der Waals surface area contributed by atoms with Gasteiger partial charge in [-0.25, -0.2) is 0 Å². The smallest absolute Gasteiger partial charge is 0.236 e. The molecule has 0 aliphatic heterocycles. The van der Waals surface area contributed by atoms with Gasteiger partial charge in [-0.05, 0) is 32.4 Å². The molecule has 15 heavy (non-hydrogen) atoms. The zero-order valence-corrected chi connectivity index (χ0v) is 9.19. The van der Waals surface area contributed by atoms with E-state index in [-0.39, 0.29) is 11.9 Å². The van der Waals surface area contributed by atoms with E-state index in [2.05, 4.69) is 5.32 Å². The Hall–Kier alpha value is -1.29. The van der Waals surface area contributed by atoms with Gasteiger partial charge in [0.25, 0.3) is 0 Å². The molecular formula is C11H18N2O2. The molecule has 0 aromatic carbocycles. The second kappa shape index (κ2) is 5.56. The molecule has 0 spiro atoms. The Morgan fingerprint density at radius 3 is 2.87 bits per heavy atom. The van der Waals surface area contributed by atoms with E-state index >= 15 is 0 Å². The van der Waals surface area contributed by atoms with Crippen molar-refractivity contribution in [3.63, 3.8) is 0 Å². The van der Waals surface area contributed by atoms with Crippen LogP contribution in [0.4, 0.5) is 0 Å². The third kappa shape index (κ3) is 4.16. The van der Waals surface area contributed by atoms with Crippen LogP contribution in [0.1, 0.15) is 26.0 Å². The van der Waals surface area contributed by atoms with Crippen molar-refractivity contribution >= 4 is 5.91 Å². The Morgan fingerprint density at radius 1 is 1.60 bits per heavy atom. The molecule has 0 fully saturated rings. The SMILES string of the molecule is CC(CCc1ccco1)NC(=O)[C@H](C)N. The summed E-state index contributed by atoms with van der Waals surface area (Å²) in [6, 6.07) is 3.46. The van der Waals surface area contributed by atoms with Crippen molar-refractivity contribution in [1.29, 1.82) is 0 Å². The van der Waals surface area contributed by atoms with Crippen molar-refractivity contribution in [3.8, 4) is 0 Å². The molecule has 0 radical (unpaired) electrons. The largest absolute Gasteiger partial charge is 0.469 e. The minimum atomic E-state index is -0.448. The molecule has 1 aromatic heterocycles. The number of nitrogens with two attached hydrogens (primary N) is 1. The van der Waals surface area contributed by atoms with Crippen LogP contribution in [-0.2, 0) is 11.2 Å². The zero-order chi connectivity index (χ0) is 11.3. The molecule has 1 unspecified atom stereocenters. The number of nitrogens with one attached hydrogen (secondary N) is 1. The summed E-state index contributed by atoms with van der Waals surface area (Å²) in [6.07, 6.45) is 3.33. The Morgan fingerprint density at radius 2 is 2.33 bits per heavy atom. The van der Waals surface area contributed by atoms with Gasteiger partial charge in [-0.15, -0.1) is 0 Å². The summed E-state index contributed by atoms with van der Waals surface area (Å²) >= 11 is 0. The number of rotatable bonds is 5. The Balaban J connectivity index is 2.24. The van der Waals surface area contributed by atoms with Crippen LogP contribution in [0, 0.1) is 0 Å². The van der Waals surface area contributed by atoms with E-state index in [0.29, 0.717) is 0 Å². The molecule has 1 aromatic rings. The highest BCUT2D eigenvalue weighted by Crippen LogP contribution is 2.05. The number of hydrogen-bond acceptors (Lipinski definition) is 3. The number of aryl methyl sites for hydroxylation is 1.